The molecule has 0 aromatic carbocycles. The van der Waals surface area contributed by atoms with Crippen LogP contribution in [-0.4, -0.2) is 59.7 Å². The van der Waals surface area contributed by atoms with Crippen molar-refractivity contribution in [1.82, 2.24) is 15.1 Å². The molecular formula is C17H27N3O3. The first-order chi connectivity index (χ1) is 10.8. The number of nitrogens with zero attached hydrogens (tertiary/aromatic N) is 2. The number of hydrogen-bond acceptors (Lipinski definition) is 3. The summed E-state index contributed by atoms with van der Waals surface area (Å²) in [5.74, 6) is 0.304. The lowest BCUT2D eigenvalue weighted by Crippen LogP contribution is -2.68. The molecule has 6 nitrogen and oxygen atoms in total. The fourth-order valence-corrected chi connectivity index (χ4v) is 3.50. The molecule has 2 aliphatic rings. The third kappa shape index (κ3) is 3.41. The Morgan fingerprint density at radius 2 is 2.00 bits per heavy atom. The number of β-lactam (4-membered cyclic amide) rings is 1. The van der Waals surface area contributed by atoms with Gasteiger partial charge in [0.2, 0.25) is 17.7 Å². The van der Waals surface area contributed by atoms with Crippen LogP contribution < -0.4 is 5.32 Å². The van der Waals surface area contributed by atoms with E-state index in [2.05, 4.69) is 11.9 Å². The Kier molecular flexibility index (Phi) is 5.12. The van der Waals surface area contributed by atoms with Gasteiger partial charge in [0.05, 0.1) is 12.0 Å². The highest BCUT2D eigenvalue weighted by atomic mass is 16.2. The lowest BCUT2D eigenvalue weighted by Gasteiger charge is -2.50. The highest BCUT2D eigenvalue weighted by Gasteiger charge is 2.51. The fourth-order valence-electron chi connectivity index (χ4n) is 3.50. The molecule has 6 heteroatoms. The first-order valence-corrected chi connectivity index (χ1v) is 8.31. The van der Waals surface area contributed by atoms with Crippen molar-refractivity contribution in [3.05, 3.63) is 12.7 Å². The molecule has 2 heterocycles. The van der Waals surface area contributed by atoms with E-state index in [-0.39, 0.29) is 35.7 Å². The quantitative estimate of drug-likeness (QED) is 0.601. The van der Waals surface area contributed by atoms with Crippen LogP contribution in [0.4, 0.5) is 0 Å². The molecule has 2 saturated heterocycles. The van der Waals surface area contributed by atoms with E-state index in [9.17, 15) is 14.4 Å². The van der Waals surface area contributed by atoms with Crippen molar-refractivity contribution in [2.75, 3.05) is 26.2 Å². The van der Waals surface area contributed by atoms with E-state index < -0.39 is 0 Å². The van der Waals surface area contributed by atoms with E-state index in [4.69, 9.17) is 0 Å². The molecule has 0 aromatic heterocycles. The molecular weight excluding hydrogens is 294 g/mol. The van der Waals surface area contributed by atoms with Gasteiger partial charge in [-0.3, -0.25) is 14.4 Å². The van der Waals surface area contributed by atoms with Crippen LogP contribution in [0, 0.1) is 11.3 Å². The number of likely N-dealkylation sites (N-methyl/N-ethyl adjacent to an activating group) is 1. The number of hydrogen-bond donors (Lipinski definition) is 1. The molecule has 0 spiro atoms. The Balaban J connectivity index is 1.84. The molecule has 2 rings (SSSR count). The van der Waals surface area contributed by atoms with E-state index in [1.54, 1.807) is 0 Å². The van der Waals surface area contributed by atoms with Crippen LogP contribution >= 0.6 is 0 Å². The van der Waals surface area contributed by atoms with E-state index in [0.29, 0.717) is 25.6 Å². The predicted molar refractivity (Wildman–Crippen MR) is 87.5 cm³/mol. The van der Waals surface area contributed by atoms with Crippen molar-refractivity contribution in [1.29, 1.82) is 0 Å². The van der Waals surface area contributed by atoms with Crippen molar-refractivity contribution in [2.24, 2.45) is 11.3 Å². The number of rotatable bonds is 5. The van der Waals surface area contributed by atoms with Gasteiger partial charge in [0.1, 0.15) is 0 Å². The summed E-state index contributed by atoms with van der Waals surface area (Å²) in [7, 11) is 0. The number of nitrogens with one attached hydrogen (secondary N) is 1. The van der Waals surface area contributed by atoms with Crippen LogP contribution in [0.25, 0.3) is 0 Å². The second-order valence-electron chi connectivity index (χ2n) is 6.95. The zero-order chi connectivity index (χ0) is 17.2. The van der Waals surface area contributed by atoms with Gasteiger partial charge in [0, 0.05) is 25.7 Å². The summed E-state index contributed by atoms with van der Waals surface area (Å²) in [5, 5.41) is 3.00. The van der Waals surface area contributed by atoms with Crippen LogP contribution in [0.5, 0.6) is 0 Å². The second kappa shape index (κ2) is 6.72. The molecule has 0 radical (unpaired) electrons. The third-order valence-corrected chi connectivity index (χ3v) is 5.21. The van der Waals surface area contributed by atoms with E-state index in [0.717, 1.165) is 12.8 Å². The average molecular weight is 321 g/mol. The number of carbonyl (C=O) groups excluding carboxylic acids is 3. The van der Waals surface area contributed by atoms with Gasteiger partial charge in [-0.25, -0.2) is 0 Å². The van der Waals surface area contributed by atoms with Gasteiger partial charge >= 0.3 is 0 Å². The van der Waals surface area contributed by atoms with Crippen molar-refractivity contribution in [2.45, 2.75) is 39.7 Å². The molecule has 0 aliphatic carbocycles. The van der Waals surface area contributed by atoms with Crippen LogP contribution in [0.2, 0.25) is 0 Å². The zero-order valence-corrected chi connectivity index (χ0v) is 14.3. The van der Waals surface area contributed by atoms with Crippen LogP contribution in [0.1, 0.15) is 33.6 Å². The molecule has 0 bridgehead atoms. The Morgan fingerprint density at radius 1 is 1.39 bits per heavy atom. The molecule has 128 valence electrons. The van der Waals surface area contributed by atoms with E-state index in [1.807, 2.05) is 25.7 Å². The minimum atomic E-state index is -0.299. The molecule has 0 aromatic rings. The summed E-state index contributed by atoms with van der Waals surface area (Å²) in [6.45, 7) is 11.3. The van der Waals surface area contributed by atoms with Gasteiger partial charge in [-0.15, -0.1) is 0 Å². The Hall–Kier alpha value is -1.85. The first kappa shape index (κ1) is 17.5. The smallest absolute Gasteiger partial charge is 0.246 e. The standard InChI is InChI=1S/C17H27N3O3/c1-5-13(21)19(6-2)11-14(22)20-9-7-12(8-10-20)15-17(3,4)16(23)18-15/h5,12,15H,1,6-11H2,2-4H3,(H,18,23). The topological polar surface area (TPSA) is 69.7 Å². The molecule has 23 heavy (non-hydrogen) atoms. The maximum Gasteiger partial charge on any atom is 0.246 e. The number of amides is 3. The summed E-state index contributed by atoms with van der Waals surface area (Å²) in [4.78, 5) is 38.9. The molecule has 3 amide bonds. The highest BCUT2D eigenvalue weighted by Crippen LogP contribution is 2.38. The first-order valence-electron chi connectivity index (χ1n) is 8.31. The molecule has 2 aliphatic heterocycles. The maximum absolute atomic E-state index is 12.4. The molecule has 1 N–H and O–H groups in total. The number of carbonyl (C=O) groups is 3. The molecule has 1 unspecified atom stereocenters. The van der Waals surface area contributed by atoms with Crippen molar-refractivity contribution in [3.63, 3.8) is 0 Å². The number of piperidine rings is 1. The van der Waals surface area contributed by atoms with Gasteiger partial charge in [0.25, 0.3) is 0 Å². The van der Waals surface area contributed by atoms with Crippen LogP contribution in [0.3, 0.4) is 0 Å². The van der Waals surface area contributed by atoms with Gasteiger partial charge in [-0.1, -0.05) is 6.58 Å². The van der Waals surface area contributed by atoms with Crippen LogP contribution in [-0.2, 0) is 14.4 Å². The summed E-state index contributed by atoms with van der Waals surface area (Å²) >= 11 is 0. The summed E-state index contributed by atoms with van der Waals surface area (Å²) in [6.07, 6.45) is 3.02. The Morgan fingerprint density at radius 3 is 2.43 bits per heavy atom. The minimum absolute atomic E-state index is 0.0163. The predicted octanol–water partition coefficient (Wildman–Crippen LogP) is 0.784. The normalized spacial score (nSPS) is 23.7. The fraction of sp³-hybridized carbons (Fsp3) is 0.706. The summed E-state index contributed by atoms with van der Waals surface area (Å²) < 4.78 is 0. The number of likely N-dealkylation sites (tertiary alicyclic amines) is 1. The third-order valence-electron chi connectivity index (χ3n) is 5.21. The van der Waals surface area contributed by atoms with Crippen molar-refractivity contribution >= 4 is 17.7 Å². The van der Waals surface area contributed by atoms with Gasteiger partial charge in [-0.05, 0) is 45.6 Å². The second-order valence-corrected chi connectivity index (χ2v) is 6.95. The van der Waals surface area contributed by atoms with Crippen molar-refractivity contribution < 1.29 is 14.4 Å². The Bertz CT molecular complexity index is 507. The zero-order valence-electron chi connectivity index (χ0n) is 14.3. The van der Waals surface area contributed by atoms with Gasteiger partial charge in [-0.2, -0.15) is 0 Å². The maximum atomic E-state index is 12.4. The lowest BCUT2D eigenvalue weighted by atomic mass is 9.68. The Labute approximate surface area is 137 Å². The monoisotopic (exact) mass is 321 g/mol. The largest absolute Gasteiger partial charge is 0.351 e. The molecule has 2 fully saturated rings. The minimum Gasteiger partial charge on any atom is -0.351 e. The average Bonchev–Trinajstić information content (AvgIpc) is 2.56. The van der Waals surface area contributed by atoms with Gasteiger partial charge in [0.15, 0.2) is 0 Å². The lowest BCUT2D eigenvalue weighted by molar-refractivity contribution is -0.147. The van der Waals surface area contributed by atoms with E-state index >= 15 is 0 Å². The highest BCUT2D eigenvalue weighted by molar-refractivity contribution is 5.91. The van der Waals surface area contributed by atoms with Crippen molar-refractivity contribution in [3.8, 4) is 0 Å². The summed E-state index contributed by atoms with van der Waals surface area (Å²) in [5.41, 5.74) is -0.299. The molecule has 0 saturated carbocycles. The summed E-state index contributed by atoms with van der Waals surface area (Å²) in [6, 6.07) is 0.210. The van der Waals surface area contributed by atoms with E-state index in [1.165, 1.54) is 11.0 Å². The SMILES string of the molecule is C=CC(=O)N(CC)CC(=O)N1CCC(C2NC(=O)C2(C)C)CC1. The van der Waals surface area contributed by atoms with Crippen LogP contribution in [0.15, 0.2) is 12.7 Å². The van der Waals surface area contributed by atoms with Gasteiger partial charge < -0.3 is 15.1 Å². The molecule has 1 atom stereocenters.